The van der Waals surface area contributed by atoms with Crippen molar-refractivity contribution >= 4 is 40.2 Å². The van der Waals surface area contributed by atoms with Gasteiger partial charge in [0.25, 0.3) is 0 Å². The van der Waals surface area contributed by atoms with Crippen LogP contribution in [0.5, 0.6) is 0 Å². The summed E-state index contributed by atoms with van der Waals surface area (Å²) in [5, 5.41) is 0.185. The molecule has 70 valence electrons. The van der Waals surface area contributed by atoms with Gasteiger partial charge < -0.3 is 4.74 Å². The molecule has 0 bridgehead atoms. The van der Waals surface area contributed by atoms with Crippen molar-refractivity contribution in [3.8, 4) is 0 Å². The lowest BCUT2D eigenvalue weighted by Crippen LogP contribution is -2.07. The number of carbonyl (C=O) groups is 1. The van der Waals surface area contributed by atoms with Crippen LogP contribution in [0, 0.1) is 10.5 Å². The Morgan fingerprint density at radius 1 is 1.69 bits per heavy atom. The van der Waals surface area contributed by atoms with E-state index in [0.29, 0.717) is 5.56 Å². The summed E-state index contributed by atoms with van der Waals surface area (Å²) in [6.45, 7) is 1.81. The first-order chi connectivity index (χ1) is 6.07. The zero-order valence-electron chi connectivity index (χ0n) is 7.10. The molecule has 0 unspecified atom stereocenters. The molecule has 0 N–H and O–H groups in total. The van der Waals surface area contributed by atoms with Gasteiger partial charge in [-0.3, -0.25) is 0 Å². The molecule has 0 aromatic carbocycles. The highest BCUT2D eigenvalue weighted by molar-refractivity contribution is 14.1. The maximum Gasteiger partial charge on any atom is 0.341 e. The molecule has 5 heteroatoms. The summed E-state index contributed by atoms with van der Waals surface area (Å²) >= 11 is 7.85. The molecule has 0 fully saturated rings. The summed E-state index contributed by atoms with van der Waals surface area (Å²) in [7, 11) is 1.32. The summed E-state index contributed by atoms with van der Waals surface area (Å²) < 4.78 is 5.48. The van der Waals surface area contributed by atoms with Crippen molar-refractivity contribution in [2.24, 2.45) is 0 Å². The van der Waals surface area contributed by atoms with E-state index in [1.807, 2.05) is 6.92 Å². The van der Waals surface area contributed by atoms with Crippen LogP contribution in [-0.2, 0) is 4.74 Å². The molecule has 0 aliphatic heterocycles. The average Bonchev–Trinajstić information content (AvgIpc) is 2.12. The van der Waals surface area contributed by atoms with Crippen LogP contribution in [0.15, 0.2) is 6.20 Å². The van der Waals surface area contributed by atoms with E-state index in [2.05, 4.69) is 32.3 Å². The van der Waals surface area contributed by atoms with E-state index in [1.165, 1.54) is 7.11 Å². The van der Waals surface area contributed by atoms with Crippen LogP contribution >= 0.6 is 34.2 Å². The Bertz CT molecular complexity index is 354. The lowest BCUT2D eigenvalue weighted by Gasteiger charge is -2.06. The lowest BCUT2D eigenvalue weighted by molar-refractivity contribution is 0.0599. The second-order valence-corrected chi connectivity index (χ2v) is 3.91. The van der Waals surface area contributed by atoms with Gasteiger partial charge in [-0.2, -0.15) is 0 Å². The maximum absolute atomic E-state index is 11.3. The highest BCUT2D eigenvalue weighted by Gasteiger charge is 2.16. The number of hydrogen-bond donors (Lipinski definition) is 0. The summed E-state index contributed by atoms with van der Waals surface area (Å²) in [5.41, 5.74) is 1.14. The Balaban J connectivity index is 3.33. The van der Waals surface area contributed by atoms with Gasteiger partial charge in [-0.05, 0) is 35.1 Å². The molecule has 0 radical (unpaired) electrons. The summed E-state index contributed by atoms with van der Waals surface area (Å²) in [5.74, 6) is -0.450. The van der Waals surface area contributed by atoms with E-state index >= 15 is 0 Å². The number of carbonyl (C=O) groups excluding carboxylic acids is 1. The van der Waals surface area contributed by atoms with Crippen molar-refractivity contribution in [1.29, 1.82) is 0 Å². The molecule has 3 nitrogen and oxygen atoms in total. The topological polar surface area (TPSA) is 39.2 Å². The van der Waals surface area contributed by atoms with Crippen LogP contribution in [0.1, 0.15) is 15.9 Å². The zero-order valence-corrected chi connectivity index (χ0v) is 10.0. The number of nitrogens with zero attached hydrogens (tertiary/aromatic N) is 1. The zero-order chi connectivity index (χ0) is 10.0. The number of hydrogen-bond acceptors (Lipinski definition) is 3. The first kappa shape index (κ1) is 10.7. The van der Waals surface area contributed by atoms with E-state index in [-0.39, 0.29) is 5.15 Å². The van der Waals surface area contributed by atoms with Crippen molar-refractivity contribution in [3.63, 3.8) is 0 Å². The number of methoxy groups -OCH3 is 1. The minimum absolute atomic E-state index is 0.185. The van der Waals surface area contributed by atoms with Crippen molar-refractivity contribution in [2.45, 2.75) is 6.92 Å². The van der Waals surface area contributed by atoms with Crippen molar-refractivity contribution in [2.75, 3.05) is 7.11 Å². The third kappa shape index (κ3) is 2.11. The number of aromatic nitrogens is 1. The largest absolute Gasteiger partial charge is 0.465 e. The average molecular weight is 312 g/mol. The van der Waals surface area contributed by atoms with Gasteiger partial charge in [0.15, 0.2) is 0 Å². The van der Waals surface area contributed by atoms with Crippen LogP contribution < -0.4 is 0 Å². The third-order valence-corrected chi connectivity index (χ3v) is 2.99. The molecule has 1 aromatic rings. The Kier molecular flexibility index (Phi) is 3.49. The molecule has 0 atom stereocenters. The number of rotatable bonds is 1. The number of ether oxygens (including phenoxy) is 1. The van der Waals surface area contributed by atoms with Gasteiger partial charge in [-0.1, -0.05) is 11.6 Å². The summed E-state index contributed by atoms with van der Waals surface area (Å²) in [6.07, 6.45) is 1.62. The smallest absolute Gasteiger partial charge is 0.341 e. The number of pyridine rings is 1. The molecule has 0 saturated heterocycles. The van der Waals surface area contributed by atoms with Crippen LogP contribution in [0.2, 0.25) is 5.15 Å². The Hall–Kier alpha value is -0.360. The molecular formula is C8H7ClINO2. The van der Waals surface area contributed by atoms with E-state index in [1.54, 1.807) is 6.20 Å². The van der Waals surface area contributed by atoms with Gasteiger partial charge in [0.1, 0.15) is 10.7 Å². The van der Waals surface area contributed by atoms with E-state index in [0.717, 1.165) is 9.13 Å². The van der Waals surface area contributed by atoms with Gasteiger partial charge in [0, 0.05) is 9.77 Å². The maximum atomic E-state index is 11.3. The Morgan fingerprint density at radius 3 is 2.85 bits per heavy atom. The van der Waals surface area contributed by atoms with Crippen LogP contribution in [-0.4, -0.2) is 18.1 Å². The highest BCUT2D eigenvalue weighted by Crippen LogP contribution is 2.22. The second kappa shape index (κ2) is 4.23. The normalized spacial score (nSPS) is 9.85. The number of halogens is 2. The van der Waals surface area contributed by atoms with Crippen LogP contribution in [0.3, 0.4) is 0 Å². The van der Waals surface area contributed by atoms with E-state index < -0.39 is 5.97 Å². The van der Waals surface area contributed by atoms with Crippen molar-refractivity contribution in [1.82, 2.24) is 4.98 Å². The highest BCUT2D eigenvalue weighted by atomic mass is 127. The van der Waals surface area contributed by atoms with Gasteiger partial charge in [0.05, 0.1) is 7.11 Å². The predicted octanol–water partition coefficient (Wildman–Crippen LogP) is 2.43. The van der Waals surface area contributed by atoms with Crippen LogP contribution in [0.25, 0.3) is 0 Å². The predicted molar refractivity (Wildman–Crippen MR) is 58.0 cm³/mol. The molecular weight excluding hydrogens is 304 g/mol. The quantitative estimate of drug-likeness (QED) is 0.454. The minimum Gasteiger partial charge on any atom is -0.465 e. The monoisotopic (exact) mass is 311 g/mol. The molecule has 0 spiro atoms. The van der Waals surface area contributed by atoms with Crippen LogP contribution in [0.4, 0.5) is 0 Å². The minimum atomic E-state index is -0.450. The molecule has 0 aliphatic carbocycles. The molecule has 0 saturated carbocycles. The van der Waals surface area contributed by atoms with Crippen molar-refractivity contribution in [3.05, 3.63) is 26.0 Å². The Morgan fingerprint density at radius 2 is 2.31 bits per heavy atom. The standard InChI is InChI=1S/C8H7ClINO2/c1-4-5(10)3-11-7(9)6(4)8(12)13-2/h3H,1-2H3. The summed E-state index contributed by atoms with van der Waals surface area (Å²) in [4.78, 5) is 15.1. The number of esters is 1. The molecule has 0 amide bonds. The molecule has 1 rings (SSSR count). The fourth-order valence-corrected chi connectivity index (χ4v) is 1.56. The van der Waals surface area contributed by atoms with E-state index in [4.69, 9.17) is 11.6 Å². The van der Waals surface area contributed by atoms with E-state index in [9.17, 15) is 4.79 Å². The fourth-order valence-electron chi connectivity index (χ4n) is 0.888. The third-order valence-electron chi connectivity index (χ3n) is 1.62. The molecule has 1 heterocycles. The van der Waals surface area contributed by atoms with Gasteiger partial charge >= 0.3 is 5.97 Å². The summed E-state index contributed by atoms with van der Waals surface area (Å²) in [6, 6.07) is 0. The van der Waals surface area contributed by atoms with Gasteiger partial charge in [-0.25, -0.2) is 9.78 Å². The first-order valence-corrected chi connectivity index (χ1v) is 4.92. The Labute approximate surface area is 94.6 Å². The lowest BCUT2D eigenvalue weighted by atomic mass is 10.2. The molecule has 13 heavy (non-hydrogen) atoms. The second-order valence-electron chi connectivity index (χ2n) is 2.39. The van der Waals surface area contributed by atoms with Gasteiger partial charge in [-0.15, -0.1) is 0 Å². The van der Waals surface area contributed by atoms with Gasteiger partial charge in [0.2, 0.25) is 0 Å². The molecule has 0 aliphatic rings. The first-order valence-electron chi connectivity index (χ1n) is 3.46. The van der Waals surface area contributed by atoms with Crippen molar-refractivity contribution < 1.29 is 9.53 Å². The molecule has 1 aromatic heterocycles. The SMILES string of the molecule is COC(=O)c1c(Cl)ncc(I)c1C. The fraction of sp³-hybridized carbons (Fsp3) is 0.250.